The molecule has 0 amide bonds. The monoisotopic (exact) mass is 414 g/mol. The molecule has 0 saturated carbocycles. The van der Waals surface area contributed by atoms with Crippen molar-refractivity contribution in [2.24, 2.45) is 0 Å². The lowest BCUT2D eigenvalue weighted by Crippen LogP contribution is -2.03. The van der Waals surface area contributed by atoms with Crippen molar-refractivity contribution < 1.29 is 4.70 Å². The molecule has 0 unspecified atom stereocenters. The van der Waals surface area contributed by atoms with E-state index in [9.17, 15) is 5.53 Å². The summed E-state index contributed by atoms with van der Waals surface area (Å²) in [6.07, 6.45) is 13.8. The fourth-order valence-corrected chi connectivity index (χ4v) is 4.30. The van der Waals surface area contributed by atoms with Crippen molar-refractivity contribution in [2.45, 2.75) is 85.0 Å². The summed E-state index contributed by atoms with van der Waals surface area (Å²) in [5.74, 6) is 0. The number of allylic oxidation sites excluding steroid dienone is 2. The van der Waals surface area contributed by atoms with E-state index in [0.717, 1.165) is 54.6 Å². The molecule has 1 aliphatic heterocycles. The van der Waals surface area contributed by atoms with Gasteiger partial charge >= 0.3 is 0 Å². The average Bonchev–Trinajstić information content (AvgIpc) is 3.13. The predicted molar refractivity (Wildman–Crippen MR) is 133 cm³/mol. The molecule has 0 spiro atoms. The number of nitrogens with zero attached hydrogens (tertiary/aromatic N) is 2. The van der Waals surface area contributed by atoms with Crippen LogP contribution in [0.25, 0.3) is 16.9 Å². The maximum Gasteiger partial charge on any atom is 0.210 e. The van der Waals surface area contributed by atoms with Gasteiger partial charge in [-0.1, -0.05) is 70.7 Å². The molecular weight excluding hydrogens is 376 g/mol. The number of hydrogen-bond acceptors (Lipinski definition) is 0. The zero-order valence-corrected chi connectivity index (χ0v) is 19.7. The molecular formula is C29H38N2. The van der Waals surface area contributed by atoms with E-state index in [4.69, 9.17) is 0 Å². The van der Waals surface area contributed by atoms with Gasteiger partial charge in [-0.25, -0.2) is 4.70 Å². The third-order valence-corrected chi connectivity index (χ3v) is 6.19. The summed E-state index contributed by atoms with van der Waals surface area (Å²) in [4.78, 5) is 0. The summed E-state index contributed by atoms with van der Waals surface area (Å²) in [5.41, 5.74) is 19.2. The molecule has 0 atom stereocenters. The second kappa shape index (κ2) is 11.8. The highest BCUT2D eigenvalue weighted by Gasteiger charge is 2.28. The number of rotatable bonds is 12. The first-order chi connectivity index (χ1) is 15.2. The standard InChI is InChI=1S/C29H38N2/c1-4-7-10-13-24-14-11-16-26(21-24)29-27(15-9-6-3)22-28(31(29)30)25-19-17-23(18-20-25)12-8-5-2/h11,14,16-22H,4-10,12-13,15H2,1-3H3. The van der Waals surface area contributed by atoms with E-state index in [1.165, 1.54) is 53.5 Å². The lowest BCUT2D eigenvalue weighted by Gasteiger charge is -2.11. The van der Waals surface area contributed by atoms with Crippen LogP contribution in [0, 0.1) is 0 Å². The van der Waals surface area contributed by atoms with Crippen LogP contribution in [0.15, 0.2) is 60.2 Å². The molecule has 2 nitrogen and oxygen atoms in total. The summed E-state index contributed by atoms with van der Waals surface area (Å²) < 4.78 is 1.43. The summed E-state index contributed by atoms with van der Waals surface area (Å²) >= 11 is 0. The van der Waals surface area contributed by atoms with E-state index in [2.05, 4.69) is 75.4 Å². The van der Waals surface area contributed by atoms with Gasteiger partial charge in [0.1, 0.15) is 0 Å². The molecule has 31 heavy (non-hydrogen) atoms. The van der Waals surface area contributed by atoms with E-state index < -0.39 is 0 Å². The van der Waals surface area contributed by atoms with Gasteiger partial charge in [-0.2, -0.15) is 0 Å². The van der Waals surface area contributed by atoms with E-state index in [1.807, 2.05) is 0 Å². The minimum atomic E-state index is 0.888. The Hall–Kier alpha value is -2.48. The molecule has 0 N–H and O–H groups in total. The van der Waals surface area contributed by atoms with Gasteiger partial charge in [-0.15, -0.1) is 0 Å². The Labute approximate surface area is 189 Å². The predicted octanol–water partition coefficient (Wildman–Crippen LogP) is 8.75. The van der Waals surface area contributed by atoms with Crippen LogP contribution in [0.5, 0.6) is 0 Å². The largest absolute Gasteiger partial charge is 0.493 e. The summed E-state index contributed by atoms with van der Waals surface area (Å²) in [7, 11) is 0. The fraction of sp³-hybridized carbons (Fsp3) is 0.448. The fourth-order valence-electron chi connectivity index (χ4n) is 4.30. The minimum Gasteiger partial charge on any atom is -0.493 e. The Balaban J connectivity index is 1.86. The zero-order valence-electron chi connectivity index (χ0n) is 19.7. The van der Waals surface area contributed by atoms with Crippen LogP contribution in [-0.4, -0.2) is 4.70 Å². The molecule has 2 aromatic rings. The molecule has 0 saturated heterocycles. The first-order valence-electron chi connectivity index (χ1n) is 12.3. The van der Waals surface area contributed by atoms with Gasteiger partial charge in [0.2, 0.25) is 11.4 Å². The molecule has 0 aromatic heterocycles. The highest BCUT2D eigenvalue weighted by Crippen LogP contribution is 2.37. The Morgan fingerprint density at radius 2 is 1.35 bits per heavy atom. The quantitative estimate of drug-likeness (QED) is 0.245. The molecule has 164 valence electrons. The van der Waals surface area contributed by atoms with Crippen LogP contribution in [0.2, 0.25) is 0 Å². The first kappa shape index (κ1) is 23.2. The third kappa shape index (κ3) is 6.03. The summed E-state index contributed by atoms with van der Waals surface area (Å²) in [6.45, 7) is 6.69. The third-order valence-electron chi connectivity index (χ3n) is 6.19. The van der Waals surface area contributed by atoms with Crippen molar-refractivity contribution in [1.29, 1.82) is 0 Å². The van der Waals surface area contributed by atoms with Crippen LogP contribution in [0.3, 0.4) is 0 Å². The van der Waals surface area contributed by atoms with Gasteiger partial charge in [0.25, 0.3) is 0 Å². The van der Waals surface area contributed by atoms with Crippen molar-refractivity contribution in [1.82, 2.24) is 0 Å². The number of benzene rings is 2. The van der Waals surface area contributed by atoms with Gasteiger partial charge in [-0.3, -0.25) is 0 Å². The Morgan fingerprint density at radius 3 is 2.06 bits per heavy atom. The van der Waals surface area contributed by atoms with Crippen LogP contribution >= 0.6 is 0 Å². The maximum atomic E-state index is 11.2. The lowest BCUT2D eigenvalue weighted by molar-refractivity contribution is -0.344. The van der Waals surface area contributed by atoms with E-state index >= 15 is 0 Å². The van der Waals surface area contributed by atoms with Crippen LogP contribution in [-0.2, 0) is 12.8 Å². The number of unbranched alkanes of at least 4 members (excludes halogenated alkanes) is 4. The van der Waals surface area contributed by atoms with Crippen molar-refractivity contribution in [2.75, 3.05) is 0 Å². The Morgan fingerprint density at radius 1 is 0.677 bits per heavy atom. The van der Waals surface area contributed by atoms with E-state index in [1.54, 1.807) is 0 Å². The maximum absolute atomic E-state index is 11.2. The Bertz CT molecular complexity index is 931. The molecule has 1 heterocycles. The molecule has 1 aliphatic rings. The summed E-state index contributed by atoms with van der Waals surface area (Å²) in [5, 5.41) is 0. The topological polar surface area (TPSA) is 25.3 Å². The first-order valence-corrected chi connectivity index (χ1v) is 12.3. The number of hydrogen-bond donors (Lipinski definition) is 0. The van der Waals surface area contributed by atoms with Gasteiger partial charge in [0.15, 0.2) is 0 Å². The molecule has 2 heteroatoms. The van der Waals surface area contributed by atoms with Crippen LogP contribution in [0.4, 0.5) is 0 Å². The lowest BCUT2D eigenvalue weighted by atomic mass is 9.99. The van der Waals surface area contributed by atoms with Crippen molar-refractivity contribution in [3.63, 3.8) is 0 Å². The van der Waals surface area contributed by atoms with E-state index in [-0.39, 0.29) is 0 Å². The molecule has 0 bridgehead atoms. The second-order valence-electron chi connectivity index (χ2n) is 8.78. The smallest absolute Gasteiger partial charge is 0.210 e. The average molecular weight is 415 g/mol. The highest BCUT2D eigenvalue weighted by molar-refractivity contribution is 5.78. The SMILES string of the molecule is CCCCCc1cccc(C2=C(CCCC)C=C(c3ccc(CCCC)cc3)[N+]2=[N-])c1. The Kier molecular flexibility index (Phi) is 8.82. The van der Waals surface area contributed by atoms with Crippen molar-refractivity contribution >= 4 is 11.4 Å². The molecule has 3 rings (SSSR count). The highest BCUT2D eigenvalue weighted by atomic mass is 15.2. The van der Waals surface area contributed by atoms with Gasteiger partial charge in [0, 0.05) is 22.8 Å². The minimum absolute atomic E-state index is 0.888. The molecule has 0 aliphatic carbocycles. The van der Waals surface area contributed by atoms with Crippen molar-refractivity contribution in [3.05, 3.63) is 88.0 Å². The van der Waals surface area contributed by atoms with Crippen molar-refractivity contribution in [3.8, 4) is 0 Å². The molecule has 2 aromatic carbocycles. The van der Waals surface area contributed by atoms with Crippen LogP contribution < -0.4 is 0 Å². The molecule has 0 fully saturated rings. The van der Waals surface area contributed by atoms with Gasteiger partial charge in [-0.05, 0) is 73.9 Å². The normalized spacial score (nSPS) is 13.8. The van der Waals surface area contributed by atoms with Gasteiger partial charge in [0.05, 0.1) is 0 Å². The number of aryl methyl sites for hydroxylation is 2. The van der Waals surface area contributed by atoms with Gasteiger partial charge < -0.3 is 5.53 Å². The zero-order chi connectivity index (χ0) is 22.1. The second-order valence-corrected chi connectivity index (χ2v) is 8.78. The molecule has 0 radical (unpaired) electrons. The van der Waals surface area contributed by atoms with E-state index in [0.29, 0.717) is 0 Å². The summed E-state index contributed by atoms with van der Waals surface area (Å²) in [6, 6.07) is 17.5. The van der Waals surface area contributed by atoms with Crippen LogP contribution in [0.1, 0.15) is 94.4 Å².